The van der Waals surface area contributed by atoms with Crippen LogP contribution >= 0.6 is 0 Å². The molecule has 0 radical (unpaired) electrons. The summed E-state index contributed by atoms with van der Waals surface area (Å²) in [6.07, 6.45) is 2.00. The second-order valence-electron chi connectivity index (χ2n) is 6.18. The molecule has 124 valence electrons. The molecule has 0 fully saturated rings. The van der Waals surface area contributed by atoms with E-state index in [1.807, 2.05) is 79.0 Å². The molecule has 0 saturated heterocycles. The van der Waals surface area contributed by atoms with Crippen molar-refractivity contribution in [3.63, 3.8) is 0 Å². The first kappa shape index (κ1) is 14.7. The highest BCUT2D eigenvalue weighted by molar-refractivity contribution is 5.97. The molecule has 3 heteroatoms. The Hall–Kier alpha value is -3.59. The lowest BCUT2D eigenvalue weighted by Gasteiger charge is -2.00. The van der Waals surface area contributed by atoms with Crippen LogP contribution < -0.4 is 0 Å². The van der Waals surface area contributed by atoms with Gasteiger partial charge in [-0.1, -0.05) is 66.7 Å². The summed E-state index contributed by atoms with van der Waals surface area (Å²) in [5.74, 6) is 1.42. The van der Waals surface area contributed by atoms with E-state index in [0.29, 0.717) is 5.89 Å². The molecule has 2 aromatic heterocycles. The summed E-state index contributed by atoms with van der Waals surface area (Å²) in [5.41, 5.74) is 4.97. The molecule has 5 rings (SSSR count). The van der Waals surface area contributed by atoms with Crippen molar-refractivity contribution >= 4 is 10.9 Å². The second-order valence-corrected chi connectivity index (χ2v) is 6.18. The summed E-state index contributed by atoms with van der Waals surface area (Å²) in [6.45, 7) is 0. The number of hydrogen-bond acceptors (Lipinski definition) is 2. The fraction of sp³-hybridized carbons (Fsp3) is 0. The number of oxazole rings is 1. The number of rotatable bonds is 3. The Kier molecular flexibility index (Phi) is 3.42. The predicted octanol–water partition coefficient (Wildman–Crippen LogP) is 6.16. The Morgan fingerprint density at radius 3 is 2.12 bits per heavy atom. The summed E-state index contributed by atoms with van der Waals surface area (Å²) in [5, 5.41) is 1.14. The number of hydrogen-bond donors (Lipinski definition) is 1. The lowest BCUT2D eigenvalue weighted by molar-refractivity contribution is 0.589. The number of aromatic nitrogens is 2. The van der Waals surface area contributed by atoms with E-state index in [9.17, 15) is 0 Å². The average Bonchev–Trinajstić information content (AvgIpc) is 3.34. The summed E-state index contributed by atoms with van der Waals surface area (Å²) in [7, 11) is 0. The quantitative estimate of drug-likeness (QED) is 0.429. The number of aromatic amines is 1. The molecule has 3 nitrogen and oxygen atoms in total. The van der Waals surface area contributed by atoms with Gasteiger partial charge in [-0.15, -0.1) is 0 Å². The van der Waals surface area contributed by atoms with E-state index in [-0.39, 0.29) is 0 Å². The number of benzene rings is 3. The van der Waals surface area contributed by atoms with E-state index in [2.05, 4.69) is 17.1 Å². The summed E-state index contributed by atoms with van der Waals surface area (Å²) < 4.78 is 6.23. The van der Waals surface area contributed by atoms with Crippen molar-refractivity contribution in [1.29, 1.82) is 0 Å². The van der Waals surface area contributed by atoms with Gasteiger partial charge in [0.2, 0.25) is 5.89 Å². The summed E-state index contributed by atoms with van der Waals surface area (Å²) >= 11 is 0. The zero-order valence-electron chi connectivity index (χ0n) is 14.0. The topological polar surface area (TPSA) is 41.8 Å². The number of nitrogens with zero attached hydrogens (tertiary/aromatic N) is 1. The smallest absolute Gasteiger partial charge is 0.227 e. The Balaban J connectivity index is 1.77. The second kappa shape index (κ2) is 6.05. The maximum Gasteiger partial charge on any atom is 0.227 e. The number of nitrogens with one attached hydrogen (secondary N) is 1. The monoisotopic (exact) mass is 336 g/mol. The van der Waals surface area contributed by atoms with Crippen molar-refractivity contribution in [2.75, 3.05) is 0 Å². The molecule has 0 aliphatic heterocycles. The molecule has 1 N–H and O–H groups in total. The van der Waals surface area contributed by atoms with Crippen molar-refractivity contribution in [2.24, 2.45) is 0 Å². The van der Waals surface area contributed by atoms with Crippen molar-refractivity contribution in [1.82, 2.24) is 9.97 Å². The van der Waals surface area contributed by atoms with Crippen molar-refractivity contribution in [3.8, 4) is 34.0 Å². The molecule has 3 aromatic carbocycles. The summed E-state index contributed by atoms with van der Waals surface area (Å²) in [6, 6.07) is 28.4. The number of H-pyrrole nitrogens is 1. The molecule has 0 unspecified atom stereocenters. The molecular weight excluding hydrogens is 320 g/mol. The minimum atomic E-state index is 0.629. The van der Waals surface area contributed by atoms with Gasteiger partial charge in [-0.3, -0.25) is 0 Å². The Bertz CT molecular complexity index is 1170. The molecule has 2 heterocycles. The van der Waals surface area contributed by atoms with Gasteiger partial charge in [0.1, 0.15) is 5.69 Å². The molecule has 0 spiro atoms. The van der Waals surface area contributed by atoms with Crippen LogP contribution in [0.2, 0.25) is 0 Å². The van der Waals surface area contributed by atoms with Crippen LogP contribution in [0.3, 0.4) is 0 Å². The standard InChI is InChI=1S/C23H16N2O/c1-3-9-16(10-4-1)22-21(19-15-24-20-14-8-7-13-18(19)20)25-23(26-22)17-11-5-2-6-12-17/h1-15,24H. The van der Waals surface area contributed by atoms with Crippen molar-refractivity contribution in [2.45, 2.75) is 0 Å². The molecule has 0 aliphatic carbocycles. The third kappa shape index (κ3) is 2.42. The van der Waals surface area contributed by atoms with Crippen LogP contribution in [-0.2, 0) is 0 Å². The van der Waals surface area contributed by atoms with E-state index < -0.39 is 0 Å². The Morgan fingerprint density at radius 2 is 1.35 bits per heavy atom. The average molecular weight is 336 g/mol. The third-order valence-electron chi connectivity index (χ3n) is 4.53. The highest BCUT2D eigenvalue weighted by Crippen LogP contribution is 2.38. The van der Waals surface area contributed by atoms with Gasteiger partial charge in [-0.2, -0.15) is 0 Å². The van der Waals surface area contributed by atoms with E-state index in [1.54, 1.807) is 0 Å². The van der Waals surface area contributed by atoms with Crippen molar-refractivity contribution in [3.05, 3.63) is 91.1 Å². The van der Waals surface area contributed by atoms with Crippen LogP contribution in [-0.4, -0.2) is 9.97 Å². The van der Waals surface area contributed by atoms with E-state index >= 15 is 0 Å². The van der Waals surface area contributed by atoms with E-state index in [1.165, 1.54) is 0 Å². The highest BCUT2D eigenvalue weighted by Gasteiger charge is 2.20. The lowest BCUT2D eigenvalue weighted by Crippen LogP contribution is -1.81. The van der Waals surface area contributed by atoms with Crippen LogP contribution in [0.5, 0.6) is 0 Å². The van der Waals surface area contributed by atoms with Gasteiger partial charge in [-0.25, -0.2) is 4.98 Å². The normalized spacial score (nSPS) is 11.1. The molecule has 0 saturated carbocycles. The minimum absolute atomic E-state index is 0.629. The maximum atomic E-state index is 6.23. The van der Waals surface area contributed by atoms with Gasteiger partial charge >= 0.3 is 0 Å². The predicted molar refractivity (Wildman–Crippen MR) is 105 cm³/mol. The molecule has 0 amide bonds. The van der Waals surface area contributed by atoms with Crippen LogP contribution in [0.4, 0.5) is 0 Å². The highest BCUT2D eigenvalue weighted by atomic mass is 16.4. The first-order valence-electron chi connectivity index (χ1n) is 8.58. The molecule has 26 heavy (non-hydrogen) atoms. The van der Waals surface area contributed by atoms with Gasteiger partial charge in [-0.05, 0) is 18.2 Å². The van der Waals surface area contributed by atoms with Gasteiger partial charge in [0.15, 0.2) is 5.76 Å². The first-order chi connectivity index (χ1) is 12.9. The Labute approximate surface area is 151 Å². The van der Waals surface area contributed by atoms with Gasteiger partial charge in [0, 0.05) is 33.8 Å². The zero-order valence-corrected chi connectivity index (χ0v) is 14.0. The van der Waals surface area contributed by atoms with Gasteiger partial charge in [0.05, 0.1) is 0 Å². The number of fused-ring (bicyclic) bond motifs is 1. The van der Waals surface area contributed by atoms with Crippen LogP contribution in [0.25, 0.3) is 44.9 Å². The van der Waals surface area contributed by atoms with E-state index in [4.69, 9.17) is 9.40 Å². The first-order valence-corrected chi connectivity index (χ1v) is 8.58. The van der Waals surface area contributed by atoms with Crippen molar-refractivity contribution < 1.29 is 4.42 Å². The third-order valence-corrected chi connectivity index (χ3v) is 4.53. The van der Waals surface area contributed by atoms with Gasteiger partial charge < -0.3 is 9.40 Å². The maximum absolute atomic E-state index is 6.23. The number of para-hydroxylation sites is 1. The molecule has 0 aliphatic rings. The molecule has 0 atom stereocenters. The molecular formula is C23H16N2O. The van der Waals surface area contributed by atoms with Gasteiger partial charge in [0.25, 0.3) is 0 Å². The Morgan fingerprint density at radius 1 is 0.692 bits per heavy atom. The minimum Gasteiger partial charge on any atom is -0.435 e. The summed E-state index contributed by atoms with van der Waals surface area (Å²) in [4.78, 5) is 8.20. The fourth-order valence-corrected chi connectivity index (χ4v) is 3.26. The fourth-order valence-electron chi connectivity index (χ4n) is 3.26. The SMILES string of the molecule is c1ccc(-c2nc(-c3c[nH]c4ccccc34)c(-c3ccccc3)o2)cc1. The largest absolute Gasteiger partial charge is 0.435 e. The van der Waals surface area contributed by atoms with Crippen LogP contribution in [0.15, 0.2) is 95.5 Å². The zero-order chi connectivity index (χ0) is 17.3. The van der Waals surface area contributed by atoms with Crippen LogP contribution in [0, 0.1) is 0 Å². The van der Waals surface area contributed by atoms with Crippen LogP contribution in [0.1, 0.15) is 0 Å². The van der Waals surface area contributed by atoms with E-state index in [0.717, 1.165) is 39.0 Å². The lowest BCUT2D eigenvalue weighted by atomic mass is 10.1. The molecule has 0 bridgehead atoms. The molecule has 5 aromatic rings.